The molecule has 0 saturated heterocycles. The fourth-order valence-electron chi connectivity index (χ4n) is 1.06. The summed E-state index contributed by atoms with van der Waals surface area (Å²) in [5.74, 6) is 1.52. The largest absolute Gasteiger partial charge is 0.735 e. The SMILES string of the molecule is C=CNB1Oc2ccccc2O1. The zero-order valence-electron chi connectivity index (χ0n) is 6.49. The normalized spacial score (nSPS) is 12.8. The second-order valence-corrected chi connectivity index (χ2v) is 2.39. The van der Waals surface area contributed by atoms with Gasteiger partial charge < -0.3 is 14.5 Å². The number of benzene rings is 1. The second kappa shape index (κ2) is 2.81. The molecule has 1 heterocycles. The predicted octanol–water partition coefficient (Wildman–Crippen LogP) is 1.18. The highest BCUT2D eigenvalue weighted by molar-refractivity contribution is 6.45. The van der Waals surface area contributed by atoms with Crippen LogP contribution in [0.2, 0.25) is 0 Å². The minimum Gasteiger partial charge on any atom is -0.504 e. The van der Waals surface area contributed by atoms with Crippen LogP contribution in [0.5, 0.6) is 11.5 Å². The number of hydrogen-bond acceptors (Lipinski definition) is 3. The molecule has 0 spiro atoms. The zero-order chi connectivity index (χ0) is 8.39. The molecule has 0 unspecified atom stereocenters. The maximum absolute atomic E-state index is 5.34. The Morgan fingerprint density at radius 2 is 1.83 bits per heavy atom. The Morgan fingerprint density at radius 1 is 1.25 bits per heavy atom. The number of nitrogens with one attached hydrogen (secondary N) is 1. The fraction of sp³-hybridized carbons (Fsp3) is 0. The molecule has 1 aromatic carbocycles. The summed E-state index contributed by atoms with van der Waals surface area (Å²) in [5.41, 5.74) is 0. The summed E-state index contributed by atoms with van der Waals surface area (Å²) in [7, 11) is -0.431. The second-order valence-electron chi connectivity index (χ2n) is 2.39. The summed E-state index contributed by atoms with van der Waals surface area (Å²) >= 11 is 0. The van der Waals surface area contributed by atoms with Crippen molar-refractivity contribution in [2.75, 3.05) is 0 Å². The van der Waals surface area contributed by atoms with Gasteiger partial charge >= 0.3 is 7.25 Å². The lowest BCUT2D eigenvalue weighted by molar-refractivity contribution is 0.487. The van der Waals surface area contributed by atoms with Gasteiger partial charge in [0.25, 0.3) is 0 Å². The molecule has 1 N–H and O–H groups in total. The van der Waals surface area contributed by atoms with Gasteiger partial charge in [0.05, 0.1) is 0 Å². The van der Waals surface area contributed by atoms with Crippen LogP contribution in [0, 0.1) is 0 Å². The topological polar surface area (TPSA) is 30.5 Å². The van der Waals surface area contributed by atoms with Crippen LogP contribution in [0.3, 0.4) is 0 Å². The third-order valence-corrected chi connectivity index (χ3v) is 1.57. The Labute approximate surface area is 71.2 Å². The number of fused-ring (bicyclic) bond motifs is 1. The molecular weight excluding hydrogens is 153 g/mol. The molecule has 2 rings (SSSR count). The van der Waals surface area contributed by atoms with Crippen molar-refractivity contribution in [1.29, 1.82) is 0 Å². The lowest BCUT2D eigenvalue weighted by Gasteiger charge is -2.00. The van der Waals surface area contributed by atoms with E-state index in [1.54, 1.807) is 0 Å². The Balaban J connectivity index is 2.16. The van der Waals surface area contributed by atoms with Crippen molar-refractivity contribution in [2.45, 2.75) is 0 Å². The van der Waals surface area contributed by atoms with Gasteiger partial charge in [-0.1, -0.05) is 18.7 Å². The average Bonchev–Trinajstić information content (AvgIpc) is 2.47. The van der Waals surface area contributed by atoms with Crippen LogP contribution in [-0.2, 0) is 0 Å². The summed E-state index contributed by atoms with van der Waals surface area (Å²) in [5, 5.41) is 2.81. The lowest BCUT2D eigenvalue weighted by Crippen LogP contribution is -2.38. The minimum atomic E-state index is -0.431. The van der Waals surface area contributed by atoms with Gasteiger partial charge in [0.2, 0.25) is 0 Å². The van der Waals surface area contributed by atoms with Gasteiger partial charge in [-0.05, 0) is 18.3 Å². The van der Waals surface area contributed by atoms with Crippen LogP contribution in [0.15, 0.2) is 37.0 Å². The first-order chi connectivity index (χ1) is 5.90. The maximum atomic E-state index is 5.34. The summed E-state index contributed by atoms with van der Waals surface area (Å²) in [4.78, 5) is 0. The first-order valence-corrected chi connectivity index (χ1v) is 3.69. The maximum Gasteiger partial charge on any atom is 0.735 e. The van der Waals surface area contributed by atoms with Gasteiger partial charge in [-0.2, -0.15) is 0 Å². The Bertz CT molecular complexity index is 278. The number of hydrogen-bond donors (Lipinski definition) is 1. The van der Waals surface area contributed by atoms with Gasteiger partial charge in [0.1, 0.15) is 11.5 Å². The Kier molecular flexibility index (Phi) is 1.66. The van der Waals surface area contributed by atoms with Crippen molar-refractivity contribution >= 4 is 7.25 Å². The molecular formula is C8H8BNO2. The number of rotatable bonds is 2. The highest BCUT2D eigenvalue weighted by Crippen LogP contribution is 2.31. The molecule has 60 valence electrons. The van der Waals surface area contributed by atoms with E-state index in [0.717, 1.165) is 11.5 Å². The van der Waals surface area contributed by atoms with E-state index < -0.39 is 7.25 Å². The molecule has 0 saturated carbocycles. The Hall–Kier alpha value is -1.58. The van der Waals surface area contributed by atoms with Crippen molar-refractivity contribution in [2.24, 2.45) is 0 Å². The molecule has 4 heteroatoms. The zero-order valence-corrected chi connectivity index (χ0v) is 6.49. The van der Waals surface area contributed by atoms with E-state index in [0.29, 0.717) is 0 Å². The van der Waals surface area contributed by atoms with E-state index in [4.69, 9.17) is 9.31 Å². The van der Waals surface area contributed by atoms with Gasteiger partial charge in [-0.15, -0.1) is 0 Å². The quantitative estimate of drug-likeness (QED) is 0.660. The van der Waals surface area contributed by atoms with E-state index in [9.17, 15) is 0 Å². The predicted molar refractivity (Wildman–Crippen MR) is 46.8 cm³/mol. The molecule has 12 heavy (non-hydrogen) atoms. The van der Waals surface area contributed by atoms with Gasteiger partial charge in [0.15, 0.2) is 0 Å². The van der Waals surface area contributed by atoms with E-state index in [2.05, 4.69) is 11.8 Å². The van der Waals surface area contributed by atoms with Crippen LogP contribution in [-0.4, -0.2) is 7.25 Å². The summed E-state index contributed by atoms with van der Waals surface area (Å²) in [6, 6.07) is 7.52. The monoisotopic (exact) mass is 161 g/mol. The summed E-state index contributed by atoms with van der Waals surface area (Å²) in [6.45, 7) is 3.52. The molecule has 0 radical (unpaired) electrons. The summed E-state index contributed by atoms with van der Waals surface area (Å²) < 4.78 is 10.7. The van der Waals surface area contributed by atoms with Crippen LogP contribution in [0.1, 0.15) is 0 Å². The van der Waals surface area contributed by atoms with Crippen molar-refractivity contribution in [1.82, 2.24) is 5.23 Å². The Morgan fingerprint density at radius 3 is 2.33 bits per heavy atom. The summed E-state index contributed by atoms with van der Waals surface area (Å²) in [6.07, 6.45) is 1.54. The molecule has 0 aliphatic carbocycles. The van der Waals surface area contributed by atoms with Gasteiger partial charge in [0, 0.05) is 0 Å². The van der Waals surface area contributed by atoms with Gasteiger partial charge in [-0.25, -0.2) is 0 Å². The van der Waals surface area contributed by atoms with Crippen LogP contribution in [0.25, 0.3) is 0 Å². The molecule has 3 nitrogen and oxygen atoms in total. The van der Waals surface area contributed by atoms with E-state index >= 15 is 0 Å². The van der Waals surface area contributed by atoms with E-state index in [1.165, 1.54) is 6.20 Å². The van der Waals surface area contributed by atoms with Crippen LogP contribution < -0.4 is 14.5 Å². The van der Waals surface area contributed by atoms with Crippen LogP contribution >= 0.6 is 0 Å². The van der Waals surface area contributed by atoms with Crippen molar-refractivity contribution < 1.29 is 9.31 Å². The first-order valence-electron chi connectivity index (χ1n) is 3.69. The molecule has 0 fully saturated rings. The molecule has 1 aliphatic heterocycles. The third-order valence-electron chi connectivity index (χ3n) is 1.57. The first kappa shape index (κ1) is 7.09. The molecule has 1 aliphatic rings. The molecule has 0 aromatic heterocycles. The van der Waals surface area contributed by atoms with Crippen LogP contribution in [0.4, 0.5) is 0 Å². The smallest absolute Gasteiger partial charge is 0.504 e. The standard InChI is InChI=1S/C8H8BNO2/c1-2-10-9-11-7-5-3-4-6-8(7)12-9/h2-6,10H,1H2. The number of para-hydroxylation sites is 2. The minimum absolute atomic E-state index is 0.431. The molecule has 0 amide bonds. The highest BCUT2D eigenvalue weighted by atomic mass is 16.6. The molecule has 1 aromatic rings. The van der Waals surface area contributed by atoms with Crippen molar-refractivity contribution in [3.8, 4) is 11.5 Å². The van der Waals surface area contributed by atoms with Crippen molar-refractivity contribution in [3.63, 3.8) is 0 Å². The van der Waals surface area contributed by atoms with Crippen molar-refractivity contribution in [3.05, 3.63) is 37.0 Å². The molecule has 0 atom stereocenters. The highest BCUT2D eigenvalue weighted by Gasteiger charge is 2.31. The third kappa shape index (κ3) is 1.11. The van der Waals surface area contributed by atoms with E-state index in [1.807, 2.05) is 24.3 Å². The van der Waals surface area contributed by atoms with Gasteiger partial charge in [-0.3, -0.25) is 0 Å². The fourth-order valence-corrected chi connectivity index (χ4v) is 1.06. The van der Waals surface area contributed by atoms with E-state index in [-0.39, 0.29) is 0 Å². The average molecular weight is 161 g/mol. The molecule has 0 bridgehead atoms. The lowest BCUT2D eigenvalue weighted by atomic mass is 10.1.